The van der Waals surface area contributed by atoms with Crippen molar-refractivity contribution in [3.8, 4) is 0 Å². The van der Waals surface area contributed by atoms with Crippen LogP contribution in [0.3, 0.4) is 0 Å². The fraction of sp³-hybridized carbons (Fsp3) is 0.831. The summed E-state index contributed by atoms with van der Waals surface area (Å²) >= 11 is 0. The Labute approximate surface area is 540 Å². The van der Waals surface area contributed by atoms with Crippen LogP contribution in [0.1, 0.15) is 177 Å². The third-order valence-electron chi connectivity index (χ3n) is 19.9. The summed E-state index contributed by atoms with van der Waals surface area (Å²) < 4.78 is 71.7. The minimum Gasteiger partial charge on any atom is -0.351 e. The minimum atomic E-state index is -5.14. The summed E-state index contributed by atoms with van der Waals surface area (Å²) in [6.07, 6.45) is -5.36. The Morgan fingerprint density at radius 1 is 0.565 bits per heavy atom. The monoisotopic (exact) mass is 1310 g/mol. The van der Waals surface area contributed by atoms with E-state index in [0.29, 0.717) is 25.7 Å². The molecule has 2 aliphatic heterocycles. The fourth-order valence-corrected chi connectivity index (χ4v) is 14.1. The molecule has 22 nitrogen and oxygen atoms in total. The summed E-state index contributed by atoms with van der Waals surface area (Å²) in [5, 5.41) is 11.4. The lowest BCUT2D eigenvalue weighted by molar-refractivity contribution is -0.219. The van der Waals surface area contributed by atoms with Crippen molar-refractivity contribution in [2.24, 2.45) is 35.5 Å². The topological polar surface area (TPSA) is 259 Å². The molecule has 4 N–H and O–H groups in total. The summed E-state index contributed by atoms with van der Waals surface area (Å²) in [5.74, 6) is -11.7. The van der Waals surface area contributed by atoms with E-state index in [-0.39, 0.29) is 82.1 Å². The van der Waals surface area contributed by atoms with Crippen molar-refractivity contribution in [1.82, 2.24) is 55.6 Å². The SMILES string of the molecule is CC[C@H](C)[C@@H]1NC(=O)[C@H](CC(C)C)N(C)C(=O)C[C@@H](C)NC(=O)[C@H](CC(C)C)N(C)C(=O)C2(CCCC2)NC(=O)[C@@H]2CCCN2C(=O)[C@H](CCC2CC(F)C(C(F)(F)F)C(F)C2)NC(=O)CN(C)C(=O)[C@H](CC2CCCCC2)N(C)C(=O)CN(C)C(=O)CN(C)C1=O. The van der Waals surface area contributed by atoms with Gasteiger partial charge in [0.1, 0.15) is 60.1 Å². The van der Waals surface area contributed by atoms with Gasteiger partial charge in [0.05, 0.1) is 19.6 Å². The van der Waals surface area contributed by atoms with Crippen LogP contribution in [0.15, 0.2) is 0 Å². The van der Waals surface area contributed by atoms with Gasteiger partial charge in [0.2, 0.25) is 65.0 Å². The molecule has 2 unspecified atom stereocenters. The molecule has 2 saturated heterocycles. The number of hydrogen-bond acceptors (Lipinski definition) is 11. The number of fused-ring (bicyclic) bond motifs is 1. The van der Waals surface area contributed by atoms with E-state index in [1.807, 2.05) is 34.6 Å². The molecular formula is C65H106F5N11O11. The molecule has 11 amide bonds. The molecule has 0 aromatic heterocycles. The predicted octanol–water partition coefficient (Wildman–Crippen LogP) is 5.29. The molecular weight excluding hydrogens is 1210 g/mol. The van der Waals surface area contributed by atoms with Crippen molar-refractivity contribution in [2.45, 2.75) is 243 Å². The lowest BCUT2D eigenvalue weighted by atomic mass is 9.76. The molecule has 3 saturated carbocycles. The van der Waals surface area contributed by atoms with Gasteiger partial charge < -0.3 is 55.6 Å². The Morgan fingerprint density at radius 2 is 1.11 bits per heavy atom. The highest BCUT2D eigenvalue weighted by Crippen LogP contribution is 2.44. The van der Waals surface area contributed by atoms with E-state index in [4.69, 9.17) is 0 Å². The van der Waals surface area contributed by atoms with Crippen LogP contribution in [-0.4, -0.2) is 234 Å². The highest BCUT2D eigenvalue weighted by Gasteiger charge is 2.54. The number of carbonyl (C=O) groups is 11. The highest BCUT2D eigenvalue weighted by atomic mass is 19.4. The van der Waals surface area contributed by atoms with Crippen LogP contribution in [-0.2, 0) is 52.7 Å². The largest absolute Gasteiger partial charge is 0.397 e. The first-order valence-corrected chi connectivity index (χ1v) is 33.4. The molecule has 0 aromatic rings. The van der Waals surface area contributed by atoms with Gasteiger partial charge in [-0.25, -0.2) is 8.78 Å². The molecule has 2 heterocycles. The summed E-state index contributed by atoms with van der Waals surface area (Å²) in [6.45, 7) is 11.0. The molecule has 0 bridgehead atoms. The average Bonchev–Trinajstić information content (AvgIpc) is 1.49. The molecule has 5 rings (SSSR count). The van der Waals surface area contributed by atoms with Crippen molar-refractivity contribution in [3.63, 3.8) is 0 Å². The molecule has 10 atom stereocenters. The van der Waals surface area contributed by atoms with E-state index in [1.54, 1.807) is 13.8 Å². The van der Waals surface area contributed by atoms with Gasteiger partial charge in [0.25, 0.3) is 0 Å². The number of alkyl halides is 5. The van der Waals surface area contributed by atoms with Crippen molar-refractivity contribution < 1.29 is 74.7 Å². The van der Waals surface area contributed by atoms with Crippen molar-refractivity contribution >= 4 is 65.0 Å². The maximum atomic E-state index is 15.2. The summed E-state index contributed by atoms with van der Waals surface area (Å²) in [7, 11) is 8.43. The van der Waals surface area contributed by atoms with Crippen molar-refractivity contribution in [2.75, 3.05) is 68.5 Å². The Kier molecular flexibility index (Phi) is 28.1. The van der Waals surface area contributed by atoms with Crippen LogP contribution in [0.2, 0.25) is 0 Å². The third-order valence-corrected chi connectivity index (χ3v) is 19.9. The summed E-state index contributed by atoms with van der Waals surface area (Å²) in [4.78, 5) is 168. The molecule has 3 aliphatic carbocycles. The van der Waals surface area contributed by atoms with Crippen LogP contribution in [0.5, 0.6) is 0 Å². The third kappa shape index (κ3) is 20.2. The van der Waals surface area contributed by atoms with E-state index in [2.05, 4.69) is 21.3 Å². The predicted molar refractivity (Wildman–Crippen MR) is 334 cm³/mol. The summed E-state index contributed by atoms with van der Waals surface area (Å²) in [5.41, 5.74) is -1.54. The minimum absolute atomic E-state index is 0.00161. The lowest BCUT2D eigenvalue weighted by Crippen LogP contribution is -2.64. The molecule has 0 radical (unpaired) electrons. The Bertz CT molecular complexity index is 2590. The second kappa shape index (κ2) is 33.8. The quantitative estimate of drug-likeness (QED) is 0.193. The van der Waals surface area contributed by atoms with Gasteiger partial charge in [-0.3, -0.25) is 52.7 Å². The van der Waals surface area contributed by atoms with Crippen LogP contribution in [0.4, 0.5) is 22.0 Å². The van der Waals surface area contributed by atoms with Crippen molar-refractivity contribution in [3.05, 3.63) is 0 Å². The Balaban J connectivity index is 1.54. The maximum Gasteiger partial charge on any atom is 0.397 e. The van der Waals surface area contributed by atoms with E-state index >= 15 is 18.4 Å². The molecule has 1 spiro atoms. The number of likely N-dealkylation sites (N-methyl/N-ethyl adjacent to an activating group) is 6. The number of nitrogens with one attached hydrogen (secondary N) is 4. The first-order valence-electron chi connectivity index (χ1n) is 33.4. The zero-order chi connectivity index (χ0) is 68.9. The van der Waals surface area contributed by atoms with Crippen LogP contribution in [0, 0.1) is 35.5 Å². The molecule has 0 aromatic carbocycles. The fourth-order valence-electron chi connectivity index (χ4n) is 14.1. The van der Waals surface area contributed by atoms with Crippen molar-refractivity contribution in [1.29, 1.82) is 0 Å². The van der Waals surface area contributed by atoms with Crippen LogP contribution in [0.25, 0.3) is 0 Å². The average molecular weight is 1310 g/mol. The number of amides is 11. The molecule has 27 heteroatoms. The highest BCUT2D eigenvalue weighted by molar-refractivity contribution is 5.99. The van der Waals surface area contributed by atoms with Gasteiger partial charge in [0, 0.05) is 61.3 Å². The summed E-state index contributed by atoms with van der Waals surface area (Å²) in [6, 6.07) is -8.03. The molecule has 522 valence electrons. The first-order chi connectivity index (χ1) is 43.0. The number of carbonyl (C=O) groups excluding carboxylic acids is 11. The van der Waals surface area contributed by atoms with Gasteiger partial charge in [-0.05, 0) is 107 Å². The lowest BCUT2D eigenvalue weighted by Gasteiger charge is -2.39. The van der Waals surface area contributed by atoms with Crippen LogP contribution < -0.4 is 21.3 Å². The number of halogens is 5. The normalized spacial score (nSPS) is 30.3. The number of rotatable bonds is 11. The van der Waals surface area contributed by atoms with E-state index in [1.165, 1.54) is 61.9 Å². The molecule has 5 aliphatic rings. The van der Waals surface area contributed by atoms with Crippen LogP contribution >= 0.6 is 0 Å². The second-order valence-electron chi connectivity index (χ2n) is 28.2. The number of nitrogens with zero attached hydrogens (tertiary/aromatic N) is 7. The smallest absolute Gasteiger partial charge is 0.351 e. The van der Waals surface area contributed by atoms with E-state index in [0.717, 1.165) is 46.8 Å². The molecule has 92 heavy (non-hydrogen) atoms. The van der Waals surface area contributed by atoms with E-state index in [9.17, 15) is 56.3 Å². The van der Waals surface area contributed by atoms with Gasteiger partial charge in [-0.2, -0.15) is 13.2 Å². The Hall–Kier alpha value is -6.18. The van der Waals surface area contributed by atoms with Gasteiger partial charge in [0.15, 0.2) is 0 Å². The molecule has 5 fully saturated rings. The Morgan fingerprint density at radius 3 is 1.67 bits per heavy atom. The standard InChI is InChI=1S/C65H106F5N11O11/c1-14-40(6)56-62(91)77(10)36-53(84)75(8)37-54(85)79(12)50(34-42-21-16-15-17-22-42)61(90)76(9)35-51(82)72-46(25-24-43-32-44(66)55(45(67)33-43)65(68,69)70)60(89)81-28-20-23-47(81)59(88)74-64(26-18-19-27-64)63(92)80(13)49(30-39(4)5)57(86)71-41(7)31-52(83)78(11)48(29-38(2)3)58(87)73-56/h38-50,55-56H,14-37H2,1-13H3,(H,71,86)(H,72,82)(H,73,87)(H,74,88)/t40-,41+,43?,44?,45?,46-,47-,48-,49-,50-,55?,56-/m0/s1. The zero-order valence-corrected chi connectivity index (χ0v) is 56.6. The number of hydrogen-bond donors (Lipinski definition) is 4. The zero-order valence-electron chi connectivity index (χ0n) is 56.6. The maximum absolute atomic E-state index is 15.2. The van der Waals surface area contributed by atoms with Gasteiger partial charge in [-0.15, -0.1) is 0 Å². The second-order valence-corrected chi connectivity index (χ2v) is 28.2. The van der Waals surface area contributed by atoms with E-state index < -0.39 is 182 Å². The van der Waals surface area contributed by atoms with Gasteiger partial charge in [-0.1, -0.05) is 92.9 Å². The first kappa shape index (κ1) is 76.5. The van der Waals surface area contributed by atoms with Gasteiger partial charge >= 0.3 is 6.18 Å².